The lowest BCUT2D eigenvalue weighted by molar-refractivity contribution is -0.130. The molecule has 1 N–H and O–H groups in total. The molecule has 6 heteroatoms. The molecule has 1 aliphatic rings. The zero-order chi connectivity index (χ0) is 17.0. The number of amides is 3. The normalized spacial score (nSPS) is 14.7. The molecule has 23 heavy (non-hydrogen) atoms. The Hall–Kier alpha value is -2.08. The Labute approximate surface area is 137 Å². The second kappa shape index (κ2) is 7.46. The molecule has 0 bridgehead atoms. The lowest BCUT2D eigenvalue weighted by Crippen LogP contribution is -2.41. The van der Waals surface area contributed by atoms with E-state index in [9.17, 15) is 9.59 Å². The van der Waals surface area contributed by atoms with Crippen molar-refractivity contribution in [2.24, 2.45) is 0 Å². The van der Waals surface area contributed by atoms with Crippen molar-refractivity contribution in [2.45, 2.75) is 19.8 Å². The number of aliphatic hydroxyl groups is 1. The maximum absolute atomic E-state index is 12.5. The number of rotatable bonds is 6. The summed E-state index contributed by atoms with van der Waals surface area (Å²) in [5.41, 5.74) is 2.09. The Morgan fingerprint density at radius 3 is 2.48 bits per heavy atom. The van der Waals surface area contributed by atoms with Gasteiger partial charge >= 0.3 is 6.03 Å². The molecule has 0 spiro atoms. The molecule has 0 aliphatic carbocycles. The first-order valence-electron chi connectivity index (χ1n) is 7.95. The molecule has 1 aromatic carbocycles. The lowest BCUT2D eigenvalue weighted by atomic mass is 10.0. The minimum Gasteiger partial charge on any atom is -0.395 e. The summed E-state index contributed by atoms with van der Waals surface area (Å²) in [6.45, 7) is 5.63. The van der Waals surface area contributed by atoms with Crippen molar-refractivity contribution >= 4 is 17.6 Å². The molecule has 1 saturated heterocycles. The summed E-state index contributed by atoms with van der Waals surface area (Å²) in [6, 6.07) is 7.84. The van der Waals surface area contributed by atoms with E-state index in [0.29, 0.717) is 19.0 Å². The quantitative estimate of drug-likeness (QED) is 0.864. The van der Waals surface area contributed by atoms with Crippen molar-refractivity contribution in [2.75, 3.05) is 44.7 Å². The van der Waals surface area contributed by atoms with E-state index >= 15 is 0 Å². The number of nitrogens with zero attached hydrogens (tertiary/aromatic N) is 3. The first-order valence-corrected chi connectivity index (χ1v) is 7.95. The number of carbonyl (C=O) groups is 2. The van der Waals surface area contributed by atoms with Crippen molar-refractivity contribution in [3.05, 3.63) is 29.8 Å². The molecule has 0 unspecified atom stereocenters. The molecule has 2 rings (SSSR count). The fourth-order valence-corrected chi connectivity index (χ4v) is 2.57. The number of benzene rings is 1. The molecule has 1 aliphatic heterocycles. The van der Waals surface area contributed by atoms with Crippen LogP contribution in [0.5, 0.6) is 0 Å². The van der Waals surface area contributed by atoms with Gasteiger partial charge in [0.25, 0.3) is 0 Å². The van der Waals surface area contributed by atoms with Gasteiger partial charge in [-0.15, -0.1) is 0 Å². The molecule has 126 valence electrons. The van der Waals surface area contributed by atoms with Crippen LogP contribution in [0, 0.1) is 0 Å². The third-order valence-corrected chi connectivity index (χ3v) is 4.15. The van der Waals surface area contributed by atoms with Crippen molar-refractivity contribution in [3.8, 4) is 0 Å². The minimum absolute atomic E-state index is 0.0515. The van der Waals surface area contributed by atoms with E-state index in [0.717, 1.165) is 5.69 Å². The second-order valence-electron chi connectivity index (χ2n) is 6.14. The van der Waals surface area contributed by atoms with E-state index in [-0.39, 0.29) is 31.6 Å². The molecule has 3 amide bonds. The first-order chi connectivity index (χ1) is 10.9. The van der Waals surface area contributed by atoms with Gasteiger partial charge in [0, 0.05) is 32.4 Å². The summed E-state index contributed by atoms with van der Waals surface area (Å²) in [6.07, 6.45) is 0. The SMILES string of the molecule is CC(C)c1ccc(N2CCN(CC(=O)N(C)CCO)C2=O)cc1. The number of urea groups is 1. The molecule has 0 atom stereocenters. The number of likely N-dealkylation sites (N-methyl/N-ethyl adjacent to an activating group) is 1. The minimum atomic E-state index is -0.163. The topological polar surface area (TPSA) is 64.1 Å². The van der Waals surface area contributed by atoms with Crippen molar-refractivity contribution < 1.29 is 14.7 Å². The predicted molar refractivity (Wildman–Crippen MR) is 89.6 cm³/mol. The van der Waals surface area contributed by atoms with Gasteiger partial charge in [-0.05, 0) is 23.6 Å². The van der Waals surface area contributed by atoms with Crippen LogP contribution in [0.1, 0.15) is 25.3 Å². The summed E-state index contributed by atoms with van der Waals surface area (Å²) in [5, 5.41) is 8.87. The Balaban J connectivity index is 1.99. The molecule has 1 fully saturated rings. The number of carbonyl (C=O) groups excluding carboxylic acids is 2. The van der Waals surface area contributed by atoms with Crippen molar-refractivity contribution in [1.29, 1.82) is 0 Å². The van der Waals surface area contributed by atoms with Gasteiger partial charge in [-0.3, -0.25) is 9.69 Å². The van der Waals surface area contributed by atoms with Crippen molar-refractivity contribution in [3.63, 3.8) is 0 Å². The van der Waals surface area contributed by atoms with E-state index in [2.05, 4.69) is 13.8 Å². The van der Waals surface area contributed by atoms with Crippen LogP contribution in [0.4, 0.5) is 10.5 Å². The predicted octanol–water partition coefficient (Wildman–Crippen LogP) is 1.50. The molecule has 1 aromatic rings. The zero-order valence-electron chi connectivity index (χ0n) is 14.0. The average Bonchev–Trinajstić information content (AvgIpc) is 2.88. The second-order valence-corrected chi connectivity index (χ2v) is 6.14. The molecule has 0 aromatic heterocycles. The Kier molecular flexibility index (Phi) is 5.60. The Morgan fingerprint density at radius 2 is 1.91 bits per heavy atom. The number of hydrogen-bond donors (Lipinski definition) is 1. The van der Waals surface area contributed by atoms with E-state index < -0.39 is 0 Å². The summed E-state index contributed by atoms with van der Waals surface area (Å²) in [5.74, 6) is 0.291. The van der Waals surface area contributed by atoms with E-state index in [1.807, 2.05) is 24.3 Å². The first kappa shape index (κ1) is 17.3. The molecule has 0 radical (unpaired) electrons. The van der Waals surface area contributed by atoms with Gasteiger partial charge in [0.1, 0.15) is 6.54 Å². The van der Waals surface area contributed by atoms with Gasteiger partial charge in [0.2, 0.25) is 5.91 Å². The van der Waals surface area contributed by atoms with E-state index in [1.165, 1.54) is 10.5 Å². The summed E-state index contributed by atoms with van der Waals surface area (Å²) < 4.78 is 0. The van der Waals surface area contributed by atoms with Gasteiger partial charge in [0.15, 0.2) is 0 Å². The molecule has 1 heterocycles. The lowest BCUT2D eigenvalue weighted by Gasteiger charge is -2.22. The van der Waals surface area contributed by atoms with Gasteiger partial charge < -0.3 is 14.9 Å². The van der Waals surface area contributed by atoms with Crippen LogP contribution < -0.4 is 4.90 Å². The largest absolute Gasteiger partial charge is 0.395 e. The highest BCUT2D eigenvalue weighted by molar-refractivity contribution is 5.96. The Morgan fingerprint density at radius 1 is 1.26 bits per heavy atom. The van der Waals surface area contributed by atoms with Crippen LogP contribution in [0.2, 0.25) is 0 Å². The number of anilines is 1. The molecular formula is C17H25N3O3. The maximum Gasteiger partial charge on any atom is 0.325 e. The maximum atomic E-state index is 12.5. The highest BCUT2D eigenvalue weighted by atomic mass is 16.3. The van der Waals surface area contributed by atoms with Crippen LogP contribution in [0.15, 0.2) is 24.3 Å². The molecule has 0 saturated carbocycles. The van der Waals surface area contributed by atoms with E-state index in [4.69, 9.17) is 5.11 Å². The summed E-state index contributed by atoms with van der Waals surface area (Å²) >= 11 is 0. The molecular weight excluding hydrogens is 294 g/mol. The third-order valence-electron chi connectivity index (χ3n) is 4.15. The number of hydrogen-bond acceptors (Lipinski definition) is 3. The molecule has 6 nitrogen and oxygen atoms in total. The summed E-state index contributed by atoms with van der Waals surface area (Å²) in [7, 11) is 1.63. The van der Waals surface area contributed by atoms with Gasteiger partial charge in [0.05, 0.1) is 6.61 Å². The van der Waals surface area contributed by atoms with Gasteiger partial charge in [-0.1, -0.05) is 26.0 Å². The van der Waals surface area contributed by atoms with Gasteiger partial charge in [-0.2, -0.15) is 0 Å². The Bertz CT molecular complexity index is 557. The fraction of sp³-hybridized carbons (Fsp3) is 0.529. The smallest absolute Gasteiger partial charge is 0.325 e. The van der Waals surface area contributed by atoms with Gasteiger partial charge in [-0.25, -0.2) is 4.79 Å². The van der Waals surface area contributed by atoms with Crippen molar-refractivity contribution in [1.82, 2.24) is 9.80 Å². The zero-order valence-corrected chi connectivity index (χ0v) is 14.0. The van der Waals surface area contributed by atoms with E-state index in [1.54, 1.807) is 16.8 Å². The van der Waals surface area contributed by atoms with Crippen LogP contribution in [0.25, 0.3) is 0 Å². The number of aliphatic hydroxyl groups excluding tert-OH is 1. The fourth-order valence-electron chi connectivity index (χ4n) is 2.57. The van der Waals surface area contributed by atoms with Crippen LogP contribution in [-0.2, 0) is 4.79 Å². The van der Waals surface area contributed by atoms with Crippen LogP contribution in [-0.4, -0.2) is 66.7 Å². The third kappa shape index (κ3) is 4.01. The summed E-state index contributed by atoms with van der Waals surface area (Å²) in [4.78, 5) is 29.2. The highest BCUT2D eigenvalue weighted by Crippen LogP contribution is 2.23. The monoisotopic (exact) mass is 319 g/mol. The highest BCUT2D eigenvalue weighted by Gasteiger charge is 2.31. The van der Waals surface area contributed by atoms with Crippen LogP contribution >= 0.6 is 0 Å². The average molecular weight is 319 g/mol. The van der Waals surface area contributed by atoms with Crippen LogP contribution in [0.3, 0.4) is 0 Å². The standard InChI is InChI=1S/C17H25N3O3/c1-13(2)14-4-6-15(7-5-14)20-9-8-19(17(20)23)12-16(22)18(3)10-11-21/h4-7,13,21H,8-12H2,1-3H3.